The van der Waals surface area contributed by atoms with E-state index in [1.807, 2.05) is 6.92 Å². The lowest BCUT2D eigenvalue weighted by atomic mass is 9.98. The number of urea groups is 1. The lowest BCUT2D eigenvalue weighted by Gasteiger charge is -2.39. The number of unbranched alkanes of at least 4 members (excludes halogenated alkanes) is 1. The van der Waals surface area contributed by atoms with Crippen LogP contribution in [0.3, 0.4) is 0 Å². The molecule has 0 bridgehead atoms. The maximum Gasteiger partial charge on any atom is 0.410 e. The first-order valence-corrected chi connectivity index (χ1v) is 11.9. The lowest BCUT2D eigenvalue weighted by Crippen LogP contribution is -2.61. The van der Waals surface area contributed by atoms with Gasteiger partial charge in [0.1, 0.15) is 11.6 Å². The zero-order valence-corrected chi connectivity index (χ0v) is 20.5. The van der Waals surface area contributed by atoms with Crippen LogP contribution in [0.5, 0.6) is 0 Å². The van der Waals surface area contributed by atoms with Crippen LogP contribution in [0.25, 0.3) is 0 Å². The summed E-state index contributed by atoms with van der Waals surface area (Å²) in [7, 11) is 0. The molecule has 2 rings (SSSR count). The first kappa shape index (κ1) is 26.7. The van der Waals surface area contributed by atoms with Crippen LogP contribution in [-0.2, 0) is 19.2 Å². The summed E-state index contributed by atoms with van der Waals surface area (Å²) in [5, 5.41) is 1.30. The zero-order chi connectivity index (χ0) is 24.6. The number of carbonyl (C=O) groups is 4. The van der Waals surface area contributed by atoms with E-state index in [1.54, 1.807) is 27.7 Å². The molecule has 0 radical (unpaired) electrons. The Morgan fingerprint density at radius 2 is 1.76 bits per heavy atom. The van der Waals surface area contributed by atoms with Crippen molar-refractivity contribution in [3.8, 4) is 0 Å². The summed E-state index contributed by atoms with van der Waals surface area (Å²) >= 11 is 0. The summed E-state index contributed by atoms with van der Waals surface area (Å²) in [5.41, 5.74) is 4.32. The SMILES string of the molecule is CCCCON1CC[C@@H](C(=O)NNC(=O)[C@@H]2CCCN(C(=O)OC(C)(C)C)C2)N(CC)C1=O. The van der Waals surface area contributed by atoms with Crippen molar-refractivity contribution >= 4 is 23.9 Å². The number of carbonyl (C=O) groups excluding carboxylic acids is 4. The van der Waals surface area contributed by atoms with Crippen molar-refractivity contribution in [3.63, 3.8) is 0 Å². The highest BCUT2D eigenvalue weighted by Gasteiger charge is 2.38. The predicted octanol–water partition coefficient (Wildman–Crippen LogP) is 2.03. The van der Waals surface area contributed by atoms with Gasteiger partial charge in [-0.1, -0.05) is 13.3 Å². The number of hydrogen-bond acceptors (Lipinski definition) is 6. The Morgan fingerprint density at radius 3 is 2.39 bits per heavy atom. The Bertz CT molecular complexity index is 710. The summed E-state index contributed by atoms with van der Waals surface area (Å²) < 4.78 is 5.39. The van der Waals surface area contributed by atoms with Crippen LogP contribution in [0.2, 0.25) is 0 Å². The van der Waals surface area contributed by atoms with Gasteiger partial charge in [-0.25, -0.2) is 14.7 Å². The Hall–Kier alpha value is -2.56. The number of rotatable bonds is 7. The van der Waals surface area contributed by atoms with Crippen LogP contribution in [0.15, 0.2) is 0 Å². The van der Waals surface area contributed by atoms with Crippen molar-refractivity contribution in [1.29, 1.82) is 0 Å². The number of piperidine rings is 1. The third kappa shape index (κ3) is 7.76. The van der Waals surface area contributed by atoms with Gasteiger partial charge in [0.2, 0.25) is 5.91 Å². The fraction of sp³-hybridized carbons (Fsp3) is 0.818. The molecule has 2 saturated heterocycles. The third-order valence-electron chi connectivity index (χ3n) is 5.58. The van der Waals surface area contributed by atoms with Crippen molar-refractivity contribution in [2.75, 3.05) is 32.8 Å². The van der Waals surface area contributed by atoms with Crippen LogP contribution >= 0.6 is 0 Å². The molecule has 5 amide bonds. The summed E-state index contributed by atoms with van der Waals surface area (Å²) in [5.74, 6) is -1.28. The molecule has 2 heterocycles. The number of nitrogens with one attached hydrogen (secondary N) is 2. The van der Waals surface area contributed by atoms with Crippen LogP contribution in [0.1, 0.15) is 66.7 Å². The molecular formula is C22H39N5O6. The molecule has 2 aliphatic rings. The van der Waals surface area contributed by atoms with E-state index in [9.17, 15) is 19.2 Å². The highest BCUT2D eigenvalue weighted by Crippen LogP contribution is 2.20. The van der Waals surface area contributed by atoms with E-state index in [4.69, 9.17) is 9.57 Å². The smallest absolute Gasteiger partial charge is 0.410 e. The normalized spacial score (nSPS) is 21.6. The molecule has 0 aromatic carbocycles. The maximum atomic E-state index is 12.7. The number of likely N-dealkylation sites (tertiary alicyclic amines) is 1. The molecule has 11 heteroatoms. The van der Waals surface area contributed by atoms with Crippen molar-refractivity contribution in [3.05, 3.63) is 0 Å². The lowest BCUT2D eigenvalue weighted by molar-refractivity contribution is -0.151. The number of amides is 5. The fourth-order valence-electron chi connectivity index (χ4n) is 3.83. The van der Waals surface area contributed by atoms with Gasteiger partial charge in [-0.15, -0.1) is 0 Å². The Labute approximate surface area is 196 Å². The molecule has 0 aromatic rings. The topological polar surface area (TPSA) is 121 Å². The number of hydrazine groups is 1. The molecule has 2 N–H and O–H groups in total. The number of hydroxylamine groups is 2. The largest absolute Gasteiger partial charge is 0.444 e. The molecule has 0 unspecified atom stereocenters. The van der Waals surface area contributed by atoms with Crippen LogP contribution in [0.4, 0.5) is 9.59 Å². The maximum absolute atomic E-state index is 12.7. The number of ether oxygens (including phenoxy) is 1. The summed E-state index contributed by atoms with van der Waals surface area (Å²) in [6.07, 6.45) is 3.02. The summed E-state index contributed by atoms with van der Waals surface area (Å²) in [6, 6.07) is -1.05. The monoisotopic (exact) mass is 469 g/mol. The standard InChI is InChI=1S/C22H39N5O6/c1-6-8-14-32-27-13-11-17(26(7-2)20(27)30)19(29)24-23-18(28)16-10-9-12-25(15-16)21(31)33-22(3,4)5/h16-17H,6-15H2,1-5H3,(H,23,28)(H,24,29)/t16-,17+/m1/s1. The first-order chi connectivity index (χ1) is 15.6. The van der Waals surface area contributed by atoms with Crippen LogP contribution in [-0.4, -0.2) is 83.2 Å². The molecule has 0 saturated carbocycles. The van der Waals surface area contributed by atoms with Crippen LogP contribution in [0, 0.1) is 5.92 Å². The minimum absolute atomic E-state index is 0.226. The minimum Gasteiger partial charge on any atom is -0.444 e. The number of nitrogens with zero attached hydrogens (tertiary/aromatic N) is 3. The highest BCUT2D eigenvalue weighted by molar-refractivity contribution is 5.90. The molecule has 188 valence electrons. The third-order valence-corrected chi connectivity index (χ3v) is 5.58. The van der Waals surface area contributed by atoms with Gasteiger partial charge < -0.3 is 14.5 Å². The first-order valence-electron chi connectivity index (χ1n) is 11.9. The van der Waals surface area contributed by atoms with Crippen molar-refractivity contribution < 1.29 is 28.8 Å². The van der Waals surface area contributed by atoms with Gasteiger partial charge in [0.15, 0.2) is 0 Å². The van der Waals surface area contributed by atoms with E-state index in [1.165, 1.54) is 14.9 Å². The van der Waals surface area contributed by atoms with Gasteiger partial charge in [-0.3, -0.25) is 25.3 Å². The van der Waals surface area contributed by atoms with E-state index in [-0.39, 0.29) is 18.5 Å². The Morgan fingerprint density at radius 1 is 1.06 bits per heavy atom. The second kappa shape index (κ2) is 12.1. The number of hydrogen-bond donors (Lipinski definition) is 2. The molecule has 11 nitrogen and oxygen atoms in total. The zero-order valence-electron chi connectivity index (χ0n) is 20.5. The van der Waals surface area contributed by atoms with Crippen LogP contribution < -0.4 is 10.9 Å². The molecule has 0 aromatic heterocycles. The van der Waals surface area contributed by atoms with Gasteiger partial charge in [0.05, 0.1) is 19.1 Å². The van der Waals surface area contributed by atoms with Gasteiger partial charge in [0.25, 0.3) is 5.91 Å². The molecule has 33 heavy (non-hydrogen) atoms. The average molecular weight is 470 g/mol. The molecule has 2 atom stereocenters. The second-order valence-corrected chi connectivity index (χ2v) is 9.41. The average Bonchev–Trinajstić information content (AvgIpc) is 2.77. The Balaban J connectivity index is 1.86. The Kier molecular flexibility index (Phi) is 9.75. The molecule has 2 aliphatic heterocycles. The molecule has 0 spiro atoms. The quantitative estimate of drug-likeness (QED) is 0.435. The minimum atomic E-state index is -0.696. The number of likely N-dealkylation sites (N-methyl/N-ethyl adjacent to an activating group) is 1. The predicted molar refractivity (Wildman–Crippen MR) is 121 cm³/mol. The van der Waals surface area contributed by atoms with Gasteiger partial charge in [-0.2, -0.15) is 0 Å². The summed E-state index contributed by atoms with van der Waals surface area (Å²) in [4.78, 5) is 58.8. The van der Waals surface area contributed by atoms with Crippen molar-refractivity contribution in [1.82, 2.24) is 25.7 Å². The van der Waals surface area contributed by atoms with E-state index >= 15 is 0 Å². The summed E-state index contributed by atoms with van der Waals surface area (Å²) in [6.45, 7) is 11.1. The van der Waals surface area contributed by atoms with Crippen molar-refractivity contribution in [2.24, 2.45) is 5.92 Å². The van der Waals surface area contributed by atoms with E-state index in [0.29, 0.717) is 45.5 Å². The van der Waals surface area contributed by atoms with Gasteiger partial charge >= 0.3 is 12.1 Å². The molecule has 2 fully saturated rings. The van der Waals surface area contributed by atoms with E-state index in [2.05, 4.69) is 10.9 Å². The second-order valence-electron chi connectivity index (χ2n) is 9.41. The van der Waals surface area contributed by atoms with E-state index < -0.39 is 29.6 Å². The van der Waals surface area contributed by atoms with Gasteiger partial charge in [0, 0.05) is 19.6 Å². The van der Waals surface area contributed by atoms with E-state index in [0.717, 1.165) is 12.8 Å². The van der Waals surface area contributed by atoms with Crippen molar-refractivity contribution in [2.45, 2.75) is 78.4 Å². The highest BCUT2D eigenvalue weighted by atomic mass is 16.7. The molecular weight excluding hydrogens is 430 g/mol. The molecule has 0 aliphatic carbocycles. The van der Waals surface area contributed by atoms with Gasteiger partial charge in [-0.05, 0) is 53.4 Å². The fourth-order valence-corrected chi connectivity index (χ4v) is 3.83.